The number of aromatic nitrogens is 1. The maximum absolute atomic E-state index is 6.40. The molecule has 0 aliphatic carbocycles. The van der Waals surface area contributed by atoms with E-state index in [4.69, 9.17) is 5.73 Å². The van der Waals surface area contributed by atoms with E-state index in [2.05, 4.69) is 41.1 Å². The minimum Gasteiger partial charge on any atom is -0.326 e. The summed E-state index contributed by atoms with van der Waals surface area (Å²) in [7, 11) is 0. The van der Waals surface area contributed by atoms with Crippen molar-refractivity contribution in [1.82, 2.24) is 9.88 Å². The summed E-state index contributed by atoms with van der Waals surface area (Å²) in [5.41, 5.74) is 7.68. The van der Waals surface area contributed by atoms with Gasteiger partial charge in [-0.3, -0.25) is 9.88 Å². The Hall–Kier alpha value is -1.45. The zero-order valence-corrected chi connectivity index (χ0v) is 11.4. The molecule has 1 aliphatic heterocycles. The molecule has 0 radical (unpaired) electrons. The molecule has 3 rings (SSSR count). The number of rotatable bonds is 2. The van der Waals surface area contributed by atoms with Gasteiger partial charge in [-0.2, -0.15) is 0 Å². The zero-order valence-electron chi connectivity index (χ0n) is 11.4. The Morgan fingerprint density at radius 2 is 2.16 bits per heavy atom. The summed E-state index contributed by atoms with van der Waals surface area (Å²) in [6.45, 7) is 4.39. The number of benzene rings is 1. The highest BCUT2D eigenvalue weighted by Crippen LogP contribution is 2.33. The fourth-order valence-electron chi connectivity index (χ4n) is 3.26. The van der Waals surface area contributed by atoms with Gasteiger partial charge in [0.1, 0.15) is 0 Å². The second kappa shape index (κ2) is 5.27. The first-order chi connectivity index (χ1) is 9.31. The van der Waals surface area contributed by atoms with Gasteiger partial charge in [0.05, 0.1) is 6.04 Å². The molecule has 2 N–H and O–H groups in total. The third-order valence-electron chi connectivity index (χ3n) is 4.21. The lowest BCUT2D eigenvalue weighted by atomic mass is 9.89. The summed E-state index contributed by atoms with van der Waals surface area (Å²) < 4.78 is 0. The summed E-state index contributed by atoms with van der Waals surface area (Å²) in [5, 5.41) is 2.49. The maximum atomic E-state index is 6.40. The van der Waals surface area contributed by atoms with Gasteiger partial charge >= 0.3 is 0 Å². The van der Waals surface area contributed by atoms with Gasteiger partial charge in [0.25, 0.3) is 0 Å². The highest BCUT2D eigenvalue weighted by molar-refractivity contribution is 5.85. The molecule has 1 saturated heterocycles. The molecule has 0 spiro atoms. The molecular weight excluding hydrogens is 234 g/mol. The molecule has 0 saturated carbocycles. The fourth-order valence-corrected chi connectivity index (χ4v) is 3.26. The molecule has 1 fully saturated rings. The van der Waals surface area contributed by atoms with Gasteiger partial charge in [0.2, 0.25) is 0 Å². The summed E-state index contributed by atoms with van der Waals surface area (Å²) in [5.74, 6) is 0. The predicted octanol–water partition coefficient (Wildman–Crippen LogP) is 2.72. The summed E-state index contributed by atoms with van der Waals surface area (Å²) >= 11 is 0. The second-order valence-electron chi connectivity index (χ2n) is 5.33. The van der Waals surface area contributed by atoms with Crippen LogP contribution in [0.5, 0.6) is 0 Å². The SMILES string of the molecule is CCN1CCCC(N)C1c1cncc2ccccc12. The first-order valence-electron chi connectivity index (χ1n) is 7.13. The molecule has 3 heteroatoms. The van der Waals surface area contributed by atoms with Gasteiger partial charge in [-0.05, 0) is 36.9 Å². The fraction of sp³-hybridized carbons (Fsp3) is 0.438. The molecule has 2 heterocycles. The minimum atomic E-state index is 0.210. The normalized spacial score (nSPS) is 24.7. The maximum Gasteiger partial charge on any atom is 0.0520 e. The van der Waals surface area contributed by atoms with Gasteiger partial charge in [-0.25, -0.2) is 0 Å². The molecule has 100 valence electrons. The number of hydrogen-bond acceptors (Lipinski definition) is 3. The Morgan fingerprint density at radius 3 is 3.00 bits per heavy atom. The van der Waals surface area contributed by atoms with Crippen molar-refractivity contribution >= 4 is 10.8 Å². The van der Waals surface area contributed by atoms with E-state index in [1.54, 1.807) is 0 Å². The minimum absolute atomic E-state index is 0.210. The number of pyridine rings is 1. The smallest absolute Gasteiger partial charge is 0.0520 e. The van der Waals surface area contributed by atoms with Crippen LogP contribution in [0.1, 0.15) is 31.4 Å². The van der Waals surface area contributed by atoms with Crippen molar-refractivity contribution in [3.63, 3.8) is 0 Å². The van der Waals surface area contributed by atoms with E-state index in [9.17, 15) is 0 Å². The Morgan fingerprint density at radius 1 is 1.32 bits per heavy atom. The molecule has 3 nitrogen and oxygen atoms in total. The van der Waals surface area contributed by atoms with Crippen molar-refractivity contribution in [1.29, 1.82) is 0 Å². The average Bonchev–Trinajstić information content (AvgIpc) is 2.46. The van der Waals surface area contributed by atoms with Crippen LogP contribution < -0.4 is 5.73 Å². The largest absolute Gasteiger partial charge is 0.326 e. The van der Waals surface area contributed by atoms with E-state index >= 15 is 0 Å². The monoisotopic (exact) mass is 255 g/mol. The summed E-state index contributed by atoms with van der Waals surface area (Å²) in [4.78, 5) is 6.89. The second-order valence-corrected chi connectivity index (χ2v) is 5.33. The van der Waals surface area contributed by atoms with Crippen LogP contribution in [0, 0.1) is 0 Å². The summed E-state index contributed by atoms with van der Waals surface area (Å²) in [6, 6.07) is 8.97. The molecule has 2 atom stereocenters. The van der Waals surface area contributed by atoms with Crippen LogP contribution in [0.25, 0.3) is 10.8 Å². The quantitative estimate of drug-likeness (QED) is 0.897. The third-order valence-corrected chi connectivity index (χ3v) is 4.21. The van der Waals surface area contributed by atoms with E-state index in [1.807, 2.05) is 12.4 Å². The first kappa shape index (κ1) is 12.6. The number of hydrogen-bond donors (Lipinski definition) is 1. The Kier molecular flexibility index (Phi) is 3.49. The lowest BCUT2D eigenvalue weighted by Gasteiger charge is -2.39. The van der Waals surface area contributed by atoms with E-state index in [-0.39, 0.29) is 6.04 Å². The molecule has 1 aromatic heterocycles. The molecule has 0 bridgehead atoms. The van der Waals surface area contributed by atoms with E-state index in [0.717, 1.165) is 19.5 Å². The lowest BCUT2D eigenvalue weighted by molar-refractivity contribution is 0.136. The lowest BCUT2D eigenvalue weighted by Crippen LogP contribution is -2.45. The number of nitrogens with two attached hydrogens (primary N) is 1. The van der Waals surface area contributed by atoms with Crippen LogP contribution in [0.4, 0.5) is 0 Å². The molecule has 0 amide bonds. The topological polar surface area (TPSA) is 42.1 Å². The van der Waals surface area contributed by atoms with Crippen molar-refractivity contribution in [2.45, 2.75) is 31.8 Å². The highest BCUT2D eigenvalue weighted by atomic mass is 15.2. The number of piperidine rings is 1. The molecular formula is C16H21N3. The number of likely N-dealkylation sites (tertiary alicyclic amines) is 1. The van der Waals surface area contributed by atoms with Crippen molar-refractivity contribution in [3.05, 3.63) is 42.2 Å². The molecule has 2 unspecified atom stereocenters. The van der Waals surface area contributed by atoms with Gasteiger partial charge in [-0.15, -0.1) is 0 Å². The highest BCUT2D eigenvalue weighted by Gasteiger charge is 2.30. The molecule has 1 aromatic carbocycles. The standard InChI is InChI=1S/C16H21N3/c1-2-19-9-5-8-15(17)16(19)14-11-18-10-12-6-3-4-7-13(12)14/h3-4,6-7,10-11,15-16H,2,5,8-9,17H2,1H3. The average molecular weight is 255 g/mol. The molecule has 19 heavy (non-hydrogen) atoms. The predicted molar refractivity (Wildman–Crippen MR) is 78.9 cm³/mol. The van der Waals surface area contributed by atoms with Crippen LogP contribution >= 0.6 is 0 Å². The number of fused-ring (bicyclic) bond motifs is 1. The van der Waals surface area contributed by atoms with Gasteiger partial charge < -0.3 is 5.73 Å². The number of nitrogens with zero attached hydrogens (tertiary/aromatic N) is 2. The van der Waals surface area contributed by atoms with Crippen LogP contribution in [0.2, 0.25) is 0 Å². The van der Waals surface area contributed by atoms with Crippen molar-refractivity contribution in [2.75, 3.05) is 13.1 Å². The van der Waals surface area contributed by atoms with Crippen LogP contribution in [-0.2, 0) is 0 Å². The van der Waals surface area contributed by atoms with Crippen LogP contribution in [0.15, 0.2) is 36.7 Å². The summed E-state index contributed by atoms with van der Waals surface area (Å²) in [6.07, 6.45) is 6.23. The van der Waals surface area contributed by atoms with Crippen molar-refractivity contribution in [3.8, 4) is 0 Å². The third kappa shape index (κ3) is 2.24. The van der Waals surface area contributed by atoms with E-state index in [0.29, 0.717) is 6.04 Å². The molecule has 2 aromatic rings. The van der Waals surface area contributed by atoms with Gasteiger partial charge in [0.15, 0.2) is 0 Å². The first-order valence-corrected chi connectivity index (χ1v) is 7.13. The Balaban J connectivity index is 2.11. The van der Waals surface area contributed by atoms with Crippen LogP contribution in [0.3, 0.4) is 0 Å². The molecule has 1 aliphatic rings. The van der Waals surface area contributed by atoms with Crippen LogP contribution in [-0.4, -0.2) is 29.0 Å². The van der Waals surface area contributed by atoms with E-state index < -0.39 is 0 Å². The number of likely N-dealkylation sites (N-methyl/N-ethyl adjacent to an activating group) is 1. The van der Waals surface area contributed by atoms with E-state index in [1.165, 1.54) is 22.8 Å². The van der Waals surface area contributed by atoms with Crippen molar-refractivity contribution < 1.29 is 0 Å². The van der Waals surface area contributed by atoms with Gasteiger partial charge in [-0.1, -0.05) is 31.2 Å². The Bertz CT molecular complexity index is 561. The van der Waals surface area contributed by atoms with Crippen molar-refractivity contribution in [2.24, 2.45) is 5.73 Å². The zero-order chi connectivity index (χ0) is 13.2. The Labute approximate surface area is 114 Å². The van der Waals surface area contributed by atoms with Gasteiger partial charge in [0, 0.05) is 23.8 Å².